The first-order valence-electron chi connectivity index (χ1n) is 11.9. The van der Waals surface area contributed by atoms with Crippen molar-refractivity contribution in [1.29, 1.82) is 5.26 Å². The van der Waals surface area contributed by atoms with E-state index in [2.05, 4.69) is 16.0 Å². The molecule has 0 bridgehead atoms. The molecule has 1 aromatic carbocycles. The zero-order valence-corrected chi connectivity index (χ0v) is 20.0. The summed E-state index contributed by atoms with van der Waals surface area (Å²) in [6, 6.07) is 9.75. The molecule has 3 aromatic rings. The molecule has 0 radical (unpaired) electrons. The Labute approximate surface area is 204 Å². The molecule has 2 aliphatic rings. The molecule has 1 unspecified atom stereocenters. The first-order valence-corrected chi connectivity index (χ1v) is 11.9. The summed E-state index contributed by atoms with van der Waals surface area (Å²) in [5, 5.41) is 10.5. The van der Waals surface area contributed by atoms with E-state index < -0.39 is 0 Å². The lowest BCUT2D eigenvalue weighted by Crippen LogP contribution is -2.38. The number of hydrogen-bond acceptors (Lipinski definition) is 7. The SMILES string of the molecule is COc1ncc(-c2ccnc3ccc(OC4CCN(C(=O)C5CCOCC5)C4)c(C)c23)cc1C#N. The predicted octanol–water partition coefficient (Wildman–Crippen LogP) is 3.89. The highest BCUT2D eigenvalue weighted by Gasteiger charge is 2.33. The van der Waals surface area contributed by atoms with Gasteiger partial charge in [-0.1, -0.05) is 0 Å². The third kappa shape index (κ3) is 4.52. The molecule has 5 rings (SSSR count). The number of hydrogen-bond donors (Lipinski definition) is 0. The Bertz CT molecular complexity index is 1300. The van der Waals surface area contributed by atoms with Crippen LogP contribution < -0.4 is 9.47 Å². The Morgan fingerprint density at radius 1 is 1.20 bits per heavy atom. The standard InChI is InChI=1S/C27H28N4O4/c1-17-24(35-21-6-10-31(16-21)27(32)18-7-11-34-12-8-18)4-3-23-25(17)22(5-9-29-23)20-13-19(14-28)26(33-2)30-15-20/h3-5,9,13,15,18,21H,6-8,10-12,16H2,1-2H3. The molecule has 2 saturated heterocycles. The normalized spacial score (nSPS) is 18.4. The molecule has 0 saturated carbocycles. The van der Waals surface area contributed by atoms with E-state index in [-0.39, 0.29) is 17.9 Å². The highest BCUT2D eigenvalue weighted by molar-refractivity contribution is 5.98. The summed E-state index contributed by atoms with van der Waals surface area (Å²) in [7, 11) is 1.50. The van der Waals surface area contributed by atoms with Crippen LogP contribution in [0.4, 0.5) is 0 Å². The van der Waals surface area contributed by atoms with Gasteiger partial charge in [0, 0.05) is 61.0 Å². The third-order valence-electron chi connectivity index (χ3n) is 6.91. The molecular formula is C27H28N4O4. The molecule has 1 atom stereocenters. The lowest BCUT2D eigenvalue weighted by Gasteiger charge is -2.26. The number of benzene rings is 1. The van der Waals surface area contributed by atoms with E-state index in [4.69, 9.17) is 14.2 Å². The van der Waals surface area contributed by atoms with Crippen molar-refractivity contribution < 1.29 is 19.0 Å². The zero-order valence-electron chi connectivity index (χ0n) is 20.0. The van der Waals surface area contributed by atoms with Crippen LogP contribution >= 0.6 is 0 Å². The number of aryl methyl sites for hydroxylation is 1. The minimum Gasteiger partial charge on any atom is -0.488 e. The van der Waals surface area contributed by atoms with Gasteiger partial charge in [-0.3, -0.25) is 9.78 Å². The van der Waals surface area contributed by atoms with Crippen molar-refractivity contribution in [2.75, 3.05) is 33.4 Å². The number of amides is 1. The molecule has 0 aliphatic carbocycles. The Balaban J connectivity index is 1.40. The minimum atomic E-state index is -0.0529. The summed E-state index contributed by atoms with van der Waals surface area (Å²) in [6.45, 7) is 4.66. The summed E-state index contributed by atoms with van der Waals surface area (Å²) < 4.78 is 17.0. The monoisotopic (exact) mass is 472 g/mol. The number of carbonyl (C=O) groups is 1. The van der Waals surface area contributed by atoms with Crippen LogP contribution in [0, 0.1) is 24.2 Å². The van der Waals surface area contributed by atoms with E-state index in [1.54, 1.807) is 18.5 Å². The van der Waals surface area contributed by atoms with Crippen LogP contribution in [0.25, 0.3) is 22.0 Å². The van der Waals surface area contributed by atoms with Gasteiger partial charge in [0.25, 0.3) is 0 Å². The summed E-state index contributed by atoms with van der Waals surface area (Å²) in [4.78, 5) is 23.7. The second-order valence-corrected chi connectivity index (χ2v) is 9.03. The second kappa shape index (κ2) is 9.88. The van der Waals surface area contributed by atoms with Gasteiger partial charge in [0.2, 0.25) is 11.8 Å². The summed E-state index contributed by atoms with van der Waals surface area (Å²) in [5.74, 6) is 1.37. The van der Waals surface area contributed by atoms with Gasteiger partial charge < -0.3 is 19.1 Å². The van der Waals surface area contributed by atoms with E-state index >= 15 is 0 Å². The number of fused-ring (bicyclic) bond motifs is 1. The Morgan fingerprint density at radius 2 is 2.03 bits per heavy atom. The van der Waals surface area contributed by atoms with E-state index in [0.29, 0.717) is 31.2 Å². The van der Waals surface area contributed by atoms with Crippen molar-refractivity contribution in [2.45, 2.75) is 32.3 Å². The number of methoxy groups -OCH3 is 1. The molecule has 35 heavy (non-hydrogen) atoms. The lowest BCUT2D eigenvalue weighted by molar-refractivity contribution is -0.137. The van der Waals surface area contributed by atoms with E-state index in [9.17, 15) is 10.1 Å². The van der Waals surface area contributed by atoms with Crippen LogP contribution in [0.15, 0.2) is 36.7 Å². The van der Waals surface area contributed by atoms with Crippen molar-refractivity contribution in [3.8, 4) is 28.8 Å². The first-order chi connectivity index (χ1) is 17.1. The number of carbonyl (C=O) groups excluding carboxylic acids is 1. The molecule has 8 heteroatoms. The highest BCUT2D eigenvalue weighted by atomic mass is 16.5. The van der Waals surface area contributed by atoms with Crippen LogP contribution in [-0.4, -0.2) is 60.3 Å². The van der Waals surface area contributed by atoms with Crippen LogP contribution in [0.5, 0.6) is 11.6 Å². The number of nitrogens with zero attached hydrogens (tertiary/aromatic N) is 4. The Morgan fingerprint density at radius 3 is 2.80 bits per heavy atom. The predicted molar refractivity (Wildman–Crippen MR) is 130 cm³/mol. The minimum absolute atomic E-state index is 0.0529. The Kier molecular flexibility index (Phi) is 6.51. The molecule has 0 spiro atoms. The van der Waals surface area contributed by atoms with Crippen LogP contribution in [-0.2, 0) is 9.53 Å². The quantitative estimate of drug-likeness (QED) is 0.556. The van der Waals surface area contributed by atoms with Gasteiger partial charge in [0.15, 0.2) is 0 Å². The maximum absolute atomic E-state index is 12.9. The largest absolute Gasteiger partial charge is 0.488 e. The molecule has 8 nitrogen and oxygen atoms in total. The smallest absolute Gasteiger partial charge is 0.231 e. The van der Waals surface area contributed by atoms with Crippen molar-refractivity contribution >= 4 is 16.8 Å². The van der Waals surface area contributed by atoms with Gasteiger partial charge in [0.05, 0.1) is 19.2 Å². The fourth-order valence-electron chi connectivity index (χ4n) is 5.02. The number of pyridine rings is 2. The van der Waals surface area contributed by atoms with Crippen molar-refractivity contribution in [2.24, 2.45) is 5.92 Å². The number of nitriles is 1. The molecule has 180 valence electrons. The third-order valence-corrected chi connectivity index (χ3v) is 6.91. The van der Waals surface area contributed by atoms with E-state index in [0.717, 1.165) is 59.2 Å². The van der Waals surface area contributed by atoms with Gasteiger partial charge in [0.1, 0.15) is 23.5 Å². The average Bonchev–Trinajstić information content (AvgIpc) is 3.38. The average molecular weight is 473 g/mol. The second-order valence-electron chi connectivity index (χ2n) is 9.03. The molecule has 1 amide bonds. The number of likely N-dealkylation sites (tertiary alicyclic amines) is 1. The van der Waals surface area contributed by atoms with Gasteiger partial charge >= 0.3 is 0 Å². The zero-order chi connectivity index (χ0) is 24.4. The molecule has 4 heterocycles. The Hall–Kier alpha value is -3.70. The van der Waals surface area contributed by atoms with E-state index in [1.165, 1.54) is 7.11 Å². The molecule has 2 aromatic heterocycles. The topological polar surface area (TPSA) is 97.6 Å². The lowest BCUT2D eigenvalue weighted by atomic mass is 9.98. The number of ether oxygens (including phenoxy) is 3. The molecule has 0 N–H and O–H groups in total. The van der Waals surface area contributed by atoms with Gasteiger partial charge in [-0.25, -0.2) is 4.98 Å². The first kappa shape index (κ1) is 23.1. The van der Waals surface area contributed by atoms with Gasteiger partial charge in [-0.05, 0) is 49.6 Å². The number of aromatic nitrogens is 2. The fourth-order valence-corrected chi connectivity index (χ4v) is 5.02. The van der Waals surface area contributed by atoms with Gasteiger partial charge in [-0.2, -0.15) is 5.26 Å². The van der Waals surface area contributed by atoms with E-state index in [1.807, 2.05) is 30.0 Å². The van der Waals surface area contributed by atoms with Crippen molar-refractivity contribution in [1.82, 2.24) is 14.9 Å². The summed E-state index contributed by atoms with van der Waals surface area (Å²) in [6.07, 6.45) is 5.81. The molecule has 2 aliphatic heterocycles. The van der Waals surface area contributed by atoms with Crippen molar-refractivity contribution in [3.05, 3.63) is 47.8 Å². The fraction of sp³-hybridized carbons (Fsp3) is 0.407. The summed E-state index contributed by atoms with van der Waals surface area (Å²) in [5.41, 5.74) is 3.91. The maximum Gasteiger partial charge on any atom is 0.231 e. The summed E-state index contributed by atoms with van der Waals surface area (Å²) >= 11 is 0. The van der Waals surface area contributed by atoms with Gasteiger partial charge in [-0.15, -0.1) is 0 Å². The maximum atomic E-state index is 12.9. The van der Waals surface area contributed by atoms with Crippen LogP contribution in [0.3, 0.4) is 0 Å². The number of rotatable bonds is 5. The molecular weight excluding hydrogens is 444 g/mol. The molecule has 2 fully saturated rings. The highest BCUT2D eigenvalue weighted by Crippen LogP contribution is 2.36. The van der Waals surface area contributed by atoms with Crippen LogP contribution in [0.2, 0.25) is 0 Å². The van der Waals surface area contributed by atoms with Crippen LogP contribution in [0.1, 0.15) is 30.4 Å². The van der Waals surface area contributed by atoms with Crippen molar-refractivity contribution in [3.63, 3.8) is 0 Å².